The highest BCUT2D eigenvalue weighted by atomic mass is 79.9. The van der Waals surface area contributed by atoms with Gasteiger partial charge in [-0.15, -0.1) is 0 Å². The van der Waals surface area contributed by atoms with Gasteiger partial charge in [0.2, 0.25) is 5.91 Å². The minimum Gasteiger partial charge on any atom is -0.375 e. The number of amides is 3. The maximum Gasteiger partial charge on any atom is 0.328 e. The number of hydrogen-bond acceptors (Lipinski definition) is 5. The summed E-state index contributed by atoms with van der Waals surface area (Å²) in [6, 6.07) is 5.64. The Morgan fingerprint density at radius 3 is 2.96 bits per heavy atom. The third-order valence-electron chi connectivity index (χ3n) is 5.19. The molecule has 10 heteroatoms. The summed E-state index contributed by atoms with van der Waals surface area (Å²) < 4.78 is 6.45. The number of benzene rings is 1. The van der Waals surface area contributed by atoms with E-state index in [-0.39, 0.29) is 24.0 Å². The fourth-order valence-corrected chi connectivity index (χ4v) is 5.11. The number of thiazole rings is 1. The monoisotopic (exact) mass is 484 g/mol. The molecule has 7 nitrogen and oxygen atoms in total. The molecule has 1 saturated heterocycles. The molecule has 1 spiro atoms. The number of nitrogens with one attached hydrogen (secondary N) is 1. The van der Waals surface area contributed by atoms with Crippen LogP contribution in [0.25, 0.3) is 0 Å². The van der Waals surface area contributed by atoms with Crippen LogP contribution in [0.15, 0.2) is 28.9 Å². The molecule has 3 amide bonds. The molecule has 2 aliphatic rings. The van der Waals surface area contributed by atoms with Crippen molar-refractivity contribution in [2.24, 2.45) is 0 Å². The Morgan fingerprint density at radius 2 is 2.25 bits per heavy atom. The molecular formula is C18H18BrClN4O3S. The highest BCUT2D eigenvalue weighted by Gasteiger charge is 2.49. The molecule has 0 bridgehead atoms. The van der Waals surface area contributed by atoms with E-state index in [1.54, 1.807) is 4.90 Å². The van der Waals surface area contributed by atoms with Gasteiger partial charge >= 0.3 is 6.03 Å². The lowest BCUT2D eigenvalue weighted by Gasteiger charge is -2.25. The van der Waals surface area contributed by atoms with Gasteiger partial charge in [0.05, 0.1) is 6.20 Å². The molecule has 1 unspecified atom stereocenters. The van der Waals surface area contributed by atoms with Crippen molar-refractivity contribution in [3.8, 4) is 0 Å². The average Bonchev–Trinajstić information content (AvgIpc) is 3.35. The van der Waals surface area contributed by atoms with Gasteiger partial charge in [0.1, 0.15) is 10.9 Å². The molecule has 1 aromatic carbocycles. The van der Waals surface area contributed by atoms with E-state index < -0.39 is 0 Å². The highest BCUT2D eigenvalue weighted by molar-refractivity contribution is 9.10. The number of aromatic nitrogens is 1. The molecule has 1 aromatic heterocycles. The van der Waals surface area contributed by atoms with E-state index >= 15 is 0 Å². The number of rotatable bonds is 3. The Bertz CT molecular complexity index is 939. The van der Waals surface area contributed by atoms with Crippen molar-refractivity contribution in [3.63, 3.8) is 0 Å². The van der Waals surface area contributed by atoms with Gasteiger partial charge in [-0.1, -0.05) is 38.9 Å². The molecule has 0 radical (unpaired) electrons. The van der Waals surface area contributed by atoms with Gasteiger partial charge < -0.3 is 9.64 Å². The molecule has 1 atom stereocenters. The Hall–Kier alpha value is -1.68. The average molecular weight is 486 g/mol. The number of urea groups is 1. The van der Waals surface area contributed by atoms with Crippen molar-refractivity contribution >= 4 is 61.6 Å². The summed E-state index contributed by atoms with van der Waals surface area (Å²) in [5.41, 5.74) is 1.63. The number of hydrogen-bond donors (Lipinski definition) is 1. The Morgan fingerprint density at radius 1 is 1.43 bits per heavy atom. The van der Waals surface area contributed by atoms with Gasteiger partial charge in [-0.2, -0.15) is 0 Å². The van der Waals surface area contributed by atoms with Crippen LogP contribution in [-0.4, -0.2) is 55.2 Å². The van der Waals surface area contributed by atoms with Crippen LogP contribution in [0.2, 0.25) is 4.34 Å². The first kappa shape index (κ1) is 19.6. The number of methoxy groups -OCH3 is 1. The molecule has 148 valence electrons. The van der Waals surface area contributed by atoms with Gasteiger partial charge in [-0.05, 0) is 30.2 Å². The molecular weight excluding hydrogens is 468 g/mol. The summed E-state index contributed by atoms with van der Waals surface area (Å²) >= 11 is 10.7. The third kappa shape index (κ3) is 3.52. The van der Waals surface area contributed by atoms with Crippen molar-refractivity contribution in [1.29, 1.82) is 0 Å². The van der Waals surface area contributed by atoms with Gasteiger partial charge in [0.15, 0.2) is 5.13 Å². The molecule has 1 N–H and O–H groups in total. The van der Waals surface area contributed by atoms with Crippen molar-refractivity contribution in [2.45, 2.75) is 11.8 Å². The zero-order valence-corrected chi connectivity index (χ0v) is 18.2. The van der Waals surface area contributed by atoms with Crippen molar-refractivity contribution in [2.75, 3.05) is 43.6 Å². The van der Waals surface area contributed by atoms with Crippen LogP contribution >= 0.6 is 38.9 Å². The van der Waals surface area contributed by atoms with E-state index in [9.17, 15) is 9.59 Å². The zero-order valence-electron chi connectivity index (χ0n) is 15.1. The lowest BCUT2D eigenvalue weighted by molar-refractivity contribution is -0.134. The largest absolute Gasteiger partial charge is 0.375 e. The second kappa shape index (κ2) is 7.62. The zero-order chi connectivity index (χ0) is 19.9. The van der Waals surface area contributed by atoms with Gasteiger partial charge in [-0.3, -0.25) is 15.0 Å². The van der Waals surface area contributed by atoms with Crippen molar-refractivity contribution in [1.82, 2.24) is 9.88 Å². The van der Waals surface area contributed by atoms with E-state index in [0.717, 1.165) is 22.1 Å². The fourth-order valence-electron chi connectivity index (χ4n) is 3.94. The van der Waals surface area contributed by atoms with Crippen LogP contribution in [0.5, 0.6) is 0 Å². The smallest absolute Gasteiger partial charge is 0.328 e. The summed E-state index contributed by atoms with van der Waals surface area (Å²) in [5, 5.41) is 3.27. The van der Waals surface area contributed by atoms with Gasteiger partial charge in [0.25, 0.3) is 0 Å². The molecule has 2 aromatic rings. The van der Waals surface area contributed by atoms with Crippen LogP contribution < -0.4 is 10.2 Å². The summed E-state index contributed by atoms with van der Waals surface area (Å²) in [6.45, 7) is 1.77. The van der Waals surface area contributed by atoms with Gasteiger partial charge in [0, 0.05) is 42.3 Å². The lowest BCUT2D eigenvalue weighted by atomic mass is 9.81. The van der Waals surface area contributed by atoms with Crippen LogP contribution in [0.3, 0.4) is 0 Å². The third-order valence-corrected chi connectivity index (χ3v) is 6.72. The number of carbonyl (C=O) groups is 2. The van der Waals surface area contributed by atoms with E-state index in [2.05, 4.69) is 26.2 Å². The number of carbonyl (C=O) groups excluding carboxylic acids is 2. The van der Waals surface area contributed by atoms with E-state index in [1.165, 1.54) is 24.6 Å². The number of fused-ring (bicyclic) bond motifs is 2. The number of nitrogens with zero attached hydrogens (tertiary/aromatic N) is 3. The summed E-state index contributed by atoms with van der Waals surface area (Å²) in [5.74, 6) is -0.0312. The highest BCUT2D eigenvalue weighted by Crippen LogP contribution is 2.47. The predicted molar refractivity (Wildman–Crippen MR) is 112 cm³/mol. The second-order valence-electron chi connectivity index (χ2n) is 6.93. The number of likely N-dealkylation sites (tertiary alicyclic amines) is 1. The molecule has 0 saturated carbocycles. The first-order valence-corrected chi connectivity index (χ1v) is 10.7. The minimum atomic E-state index is -0.291. The molecule has 0 aliphatic carbocycles. The Balaban J connectivity index is 1.62. The molecule has 1 fully saturated rings. The normalized spacial score (nSPS) is 20.7. The van der Waals surface area contributed by atoms with Crippen LogP contribution in [-0.2, 0) is 14.9 Å². The molecule has 4 rings (SSSR count). The number of ether oxygens (including phenoxy) is 1. The summed E-state index contributed by atoms with van der Waals surface area (Å²) in [6.07, 6.45) is 2.30. The standard InChI is InChI=1S/C18H18BrClN4O3S/c1-27-8-15(25)23-5-4-18(9-23)10-24(13-3-2-11(19)6-12(13)18)17(26)22-16-21-7-14(20)28-16/h2-3,6-7H,4-5,8-10H2,1H3,(H,21,22,26). The fraction of sp³-hybridized carbons (Fsp3) is 0.389. The van der Waals surface area contributed by atoms with Gasteiger partial charge in [-0.25, -0.2) is 9.78 Å². The summed E-state index contributed by atoms with van der Waals surface area (Å²) in [4.78, 5) is 32.9. The first-order chi connectivity index (χ1) is 13.4. The first-order valence-electron chi connectivity index (χ1n) is 8.68. The minimum absolute atomic E-state index is 0.0312. The SMILES string of the molecule is COCC(=O)N1CCC2(C1)CN(C(=O)Nc1ncc(Cl)s1)c1ccc(Br)cc12. The van der Waals surface area contributed by atoms with Crippen molar-refractivity contribution < 1.29 is 14.3 Å². The van der Waals surface area contributed by atoms with Crippen LogP contribution in [0.1, 0.15) is 12.0 Å². The quantitative estimate of drug-likeness (QED) is 0.719. The number of anilines is 2. The number of halogens is 2. The summed E-state index contributed by atoms with van der Waals surface area (Å²) in [7, 11) is 1.52. The lowest BCUT2D eigenvalue weighted by Crippen LogP contribution is -2.42. The molecule has 3 heterocycles. The van der Waals surface area contributed by atoms with E-state index in [4.69, 9.17) is 16.3 Å². The van der Waals surface area contributed by atoms with Crippen LogP contribution in [0.4, 0.5) is 15.6 Å². The Labute approximate surface area is 179 Å². The molecule has 28 heavy (non-hydrogen) atoms. The predicted octanol–water partition coefficient (Wildman–Crippen LogP) is 3.73. The maximum absolute atomic E-state index is 13.0. The van der Waals surface area contributed by atoms with Crippen LogP contribution in [0, 0.1) is 0 Å². The topological polar surface area (TPSA) is 74.8 Å². The molecule has 2 aliphatic heterocycles. The van der Waals surface area contributed by atoms with E-state index in [0.29, 0.717) is 29.1 Å². The van der Waals surface area contributed by atoms with E-state index in [1.807, 2.05) is 23.1 Å². The van der Waals surface area contributed by atoms with Crippen molar-refractivity contribution in [3.05, 3.63) is 38.8 Å². The second-order valence-corrected chi connectivity index (χ2v) is 9.50. The Kier molecular flexibility index (Phi) is 5.34. The maximum atomic E-state index is 13.0.